The standard InChI is InChI=1S/C5H5ClO2/c1-4(6)2-3-5(7)8/h4H,1H3,(H,7,8)/p-1. The van der Waals surface area contributed by atoms with E-state index in [1.165, 1.54) is 0 Å². The fourth-order valence-corrected chi connectivity index (χ4v) is 0.213. The average Bonchev–Trinajstić information content (AvgIpc) is 1.61. The summed E-state index contributed by atoms with van der Waals surface area (Å²) in [5.41, 5.74) is 0. The van der Waals surface area contributed by atoms with Crippen LogP contribution in [0.3, 0.4) is 0 Å². The first-order chi connectivity index (χ1) is 3.63. The molecule has 8 heavy (non-hydrogen) atoms. The van der Waals surface area contributed by atoms with E-state index in [2.05, 4.69) is 5.92 Å². The lowest BCUT2D eigenvalue weighted by molar-refractivity contribution is -0.295. The van der Waals surface area contributed by atoms with Crippen LogP contribution in [0.15, 0.2) is 0 Å². The lowest BCUT2D eigenvalue weighted by Crippen LogP contribution is -2.19. The topological polar surface area (TPSA) is 40.1 Å². The highest BCUT2D eigenvalue weighted by Gasteiger charge is 1.81. The van der Waals surface area contributed by atoms with Crippen LogP contribution in [0, 0.1) is 11.8 Å². The van der Waals surface area contributed by atoms with Gasteiger partial charge in [-0.05, 0) is 12.8 Å². The molecular weight excluding hydrogens is 128 g/mol. The van der Waals surface area contributed by atoms with Crippen LogP contribution in [0.2, 0.25) is 0 Å². The van der Waals surface area contributed by atoms with Gasteiger partial charge in [0.05, 0.1) is 5.38 Å². The molecule has 0 heterocycles. The van der Waals surface area contributed by atoms with Gasteiger partial charge in [-0.2, -0.15) is 0 Å². The number of halogens is 1. The molecule has 0 aliphatic carbocycles. The zero-order chi connectivity index (χ0) is 6.57. The summed E-state index contributed by atoms with van der Waals surface area (Å²) >= 11 is 5.26. The number of carbonyl (C=O) groups is 1. The van der Waals surface area contributed by atoms with Gasteiger partial charge in [0.1, 0.15) is 5.97 Å². The quantitative estimate of drug-likeness (QED) is 0.324. The first kappa shape index (κ1) is 7.32. The fourth-order valence-electron chi connectivity index (χ4n) is 0.158. The van der Waals surface area contributed by atoms with Crippen molar-refractivity contribution in [3.63, 3.8) is 0 Å². The molecule has 3 heteroatoms. The van der Waals surface area contributed by atoms with Crippen LogP contribution in [-0.2, 0) is 4.79 Å². The molecule has 0 saturated carbocycles. The van der Waals surface area contributed by atoms with Crippen molar-refractivity contribution in [3.05, 3.63) is 0 Å². The van der Waals surface area contributed by atoms with Crippen LogP contribution in [0.1, 0.15) is 6.92 Å². The Labute approximate surface area is 52.5 Å². The molecule has 1 atom stereocenters. The smallest absolute Gasteiger partial charge is 0.116 e. The van der Waals surface area contributed by atoms with Crippen LogP contribution >= 0.6 is 11.6 Å². The summed E-state index contributed by atoms with van der Waals surface area (Å²) in [6.45, 7) is 1.58. The third kappa shape index (κ3) is 5.32. The molecule has 2 nitrogen and oxygen atoms in total. The third-order valence-electron chi connectivity index (χ3n) is 0.373. The number of hydrogen-bond donors (Lipinski definition) is 0. The molecule has 0 rings (SSSR count). The molecule has 44 valence electrons. The zero-order valence-electron chi connectivity index (χ0n) is 4.27. The van der Waals surface area contributed by atoms with Gasteiger partial charge in [0.15, 0.2) is 0 Å². The number of rotatable bonds is 0. The number of carboxylic acids is 1. The Bertz CT molecular complexity index is 140. The van der Waals surface area contributed by atoms with Gasteiger partial charge in [0.2, 0.25) is 0 Å². The van der Waals surface area contributed by atoms with E-state index in [9.17, 15) is 9.90 Å². The molecule has 0 aromatic carbocycles. The fraction of sp³-hybridized carbons (Fsp3) is 0.400. The molecule has 0 amide bonds. The molecule has 0 saturated heterocycles. The highest BCUT2D eigenvalue weighted by atomic mass is 35.5. The molecule has 1 unspecified atom stereocenters. The largest absolute Gasteiger partial charge is 0.537 e. The zero-order valence-corrected chi connectivity index (χ0v) is 5.03. The van der Waals surface area contributed by atoms with Crippen LogP contribution in [0.4, 0.5) is 0 Å². The maximum atomic E-state index is 9.56. The van der Waals surface area contributed by atoms with E-state index in [1.54, 1.807) is 12.8 Å². The Hall–Kier alpha value is -0.680. The summed E-state index contributed by atoms with van der Waals surface area (Å²) in [5, 5.41) is 9.14. The first-order valence-electron chi connectivity index (χ1n) is 1.99. The van der Waals surface area contributed by atoms with Gasteiger partial charge in [-0.15, -0.1) is 11.6 Å². The number of carbonyl (C=O) groups excluding carboxylic acids is 1. The van der Waals surface area contributed by atoms with Crippen molar-refractivity contribution >= 4 is 17.6 Å². The minimum atomic E-state index is -1.39. The SMILES string of the molecule is CC(Cl)C#CC(=O)[O-]. The van der Waals surface area contributed by atoms with E-state index >= 15 is 0 Å². The predicted molar refractivity (Wildman–Crippen MR) is 28.1 cm³/mol. The van der Waals surface area contributed by atoms with Crippen LogP contribution in [0.5, 0.6) is 0 Å². The van der Waals surface area contributed by atoms with Crippen molar-refractivity contribution in [2.75, 3.05) is 0 Å². The second kappa shape index (κ2) is 3.34. The van der Waals surface area contributed by atoms with Crippen LogP contribution in [0.25, 0.3) is 0 Å². The summed E-state index contributed by atoms with van der Waals surface area (Å²) in [6, 6.07) is 0. The molecule has 0 aliphatic heterocycles. The second-order valence-electron chi connectivity index (χ2n) is 1.17. The lowest BCUT2D eigenvalue weighted by atomic mass is 10.5. The molecule has 0 aromatic rings. The summed E-state index contributed by atoms with van der Waals surface area (Å²) in [4.78, 5) is 9.56. The van der Waals surface area contributed by atoms with E-state index in [-0.39, 0.29) is 0 Å². The first-order valence-corrected chi connectivity index (χ1v) is 2.43. The molecular formula is C5H4ClO2-. The van der Waals surface area contributed by atoms with Crippen molar-refractivity contribution < 1.29 is 9.90 Å². The van der Waals surface area contributed by atoms with Gasteiger partial charge in [0, 0.05) is 0 Å². The highest BCUT2D eigenvalue weighted by Crippen LogP contribution is 1.86. The summed E-state index contributed by atoms with van der Waals surface area (Å²) in [5.74, 6) is 2.58. The maximum absolute atomic E-state index is 9.56. The van der Waals surface area contributed by atoms with Gasteiger partial charge in [-0.1, -0.05) is 5.92 Å². The second-order valence-corrected chi connectivity index (χ2v) is 1.83. The van der Waals surface area contributed by atoms with E-state index in [0.717, 1.165) is 0 Å². The number of aliphatic carboxylic acids is 1. The van der Waals surface area contributed by atoms with Crippen molar-refractivity contribution in [2.24, 2.45) is 0 Å². The molecule has 0 N–H and O–H groups in total. The minimum absolute atomic E-state index is 0.423. The van der Waals surface area contributed by atoms with E-state index in [0.29, 0.717) is 0 Å². The molecule has 0 bridgehead atoms. The summed E-state index contributed by atoms with van der Waals surface area (Å²) < 4.78 is 0. The van der Waals surface area contributed by atoms with Crippen molar-refractivity contribution in [2.45, 2.75) is 12.3 Å². The monoisotopic (exact) mass is 131 g/mol. The molecule has 0 radical (unpaired) electrons. The molecule has 0 aromatic heterocycles. The minimum Gasteiger partial charge on any atom is -0.537 e. The molecule has 0 aliphatic rings. The van der Waals surface area contributed by atoms with E-state index in [1.807, 2.05) is 0 Å². The molecule has 0 spiro atoms. The van der Waals surface area contributed by atoms with Crippen molar-refractivity contribution in [1.29, 1.82) is 0 Å². The van der Waals surface area contributed by atoms with Crippen molar-refractivity contribution in [3.8, 4) is 11.8 Å². The average molecular weight is 132 g/mol. The van der Waals surface area contributed by atoms with E-state index in [4.69, 9.17) is 11.6 Å². The Morgan fingerprint density at radius 1 is 1.88 bits per heavy atom. The Morgan fingerprint density at radius 2 is 2.38 bits per heavy atom. The number of carboxylic acid groups (broad SMARTS) is 1. The van der Waals surface area contributed by atoms with Gasteiger partial charge < -0.3 is 9.90 Å². The number of hydrogen-bond acceptors (Lipinski definition) is 2. The Morgan fingerprint density at radius 3 is 2.50 bits per heavy atom. The predicted octanol–water partition coefficient (Wildman–Crippen LogP) is -0.633. The van der Waals surface area contributed by atoms with Gasteiger partial charge in [-0.25, -0.2) is 0 Å². The van der Waals surface area contributed by atoms with Gasteiger partial charge in [0.25, 0.3) is 0 Å². The van der Waals surface area contributed by atoms with Gasteiger partial charge >= 0.3 is 0 Å². The Balaban J connectivity index is 3.68. The van der Waals surface area contributed by atoms with Crippen LogP contribution in [-0.4, -0.2) is 11.3 Å². The normalized spacial score (nSPS) is 11.2. The number of alkyl halides is 1. The maximum Gasteiger partial charge on any atom is 0.116 e. The van der Waals surface area contributed by atoms with Crippen molar-refractivity contribution in [1.82, 2.24) is 0 Å². The van der Waals surface area contributed by atoms with Gasteiger partial charge in [-0.3, -0.25) is 0 Å². The Kier molecular flexibility index (Phi) is 3.05. The van der Waals surface area contributed by atoms with E-state index < -0.39 is 11.3 Å². The summed E-state index contributed by atoms with van der Waals surface area (Å²) in [7, 11) is 0. The van der Waals surface area contributed by atoms with Crippen LogP contribution < -0.4 is 5.11 Å². The third-order valence-corrected chi connectivity index (χ3v) is 0.482. The molecule has 0 fully saturated rings. The highest BCUT2D eigenvalue weighted by molar-refractivity contribution is 6.22. The summed E-state index contributed by atoms with van der Waals surface area (Å²) in [6.07, 6.45) is 0. The lowest BCUT2D eigenvalue weighted by Gasteiger charge is -1.85.